The number of methoxy groups -OCH3 is 1. The molecular formula is C15H15ClN2O3. The average Bonchev–Trinajstić information content (AvgIpc) is 2.47. The van der Waals surface area contributed by atoms with Crippen molar-refractivity contribution in [3.63, 3.8) is 0 Å². The molecule has 0 fully saturated rings. The molecule has 110 valence electrons. The fourth-order valence-corrected chi connectivity index (χ4v) is 1.85. The van der Waals surface area contributed by atoms with Gasteiger partial charge in [-0.2, -0.15) is 0 Å². The molecule has 0 atom stereocenters. The van der Waals surface area contributed by atoms with Gasteiger partial charge in [0.1, 0.15) is 0 Å². The molecule has 2 N–H and O–H groups in total. The van der Waals surface area contributed by atoms with Gasteiger partial charge in [-0.05, 0) is 30.3 Å². The monoisotopic (exact) mass is 306 g/mol. The van der Waals surface area contributed by atoms with Gasteiger partial charge in [0.2, 0.25) is 0 Å². The molecule has 0 aromatic heterocycles. The van der Waals surface area contributed by atoms with Crippen LogP contribution in [0.5, 0.6) is 11.5 Å². The predicted molar refractivity (Wildman–Crippen MR) is 82.1 cm³/mol. The zero-order chi connectivity index (χ0) is 15.1. The summed E-state index contributed by atoms with van der Waals surface area (Å²) in [6.45, 7) is 0.0206. The van der Waals surface area contributed by atoms with Crippen molar-refractivity contribution in [2.45, 2.75) is 0 Å². The van der Waals surface area contributed by atoms with E-state index in [0.717, 1.165) is 0 Å². The Hall–Kier alpha value is -2.40. The van der Waals surface area contributed by atoms with Crippen LogP contribution in [0.25, 0.3) is 0 Å². The zero-order valence-electron chi connectivity index (χ0n) is 11.4. The van der Waals surface area contributed by atoms with Crippen molar-refractivity contribution >= 4 is 23.3 Å². The third kappa shape index (κ3) is 4.57. The molecule has 2 amide bonds. The van der Waals surface area contributed by atoms with Crippen molar-refractivity contribution in [1.82, 2.24) is 5.32 Å². The summed E-state index contributed by atoms with van der Waals surface area (Å²) in [5.74, 6) is 1.16. The Kier molecular flexibility index (Phi) is 5.29. The number of halogens is 1. The van der Waals surface area contributed by atoms with E-state index >= 15 is 0 Å². The molecule has 0 bridgehead atoms. The SMILES string of the molecule is COc1ccccc1OCNC(=O)Nc1cccc(Cl)c1. The van der Waals surface area contributed by atoms with Crippen LogP contribution >= 0.6 is 11.6 Å². The Morgan fingerprint density at radius 3 is 2.62 bits per heavy atom. The van der Waals surface area contributed by atoms with Gasteiger partial charge in [0.25, 0.3) is 0 Å². The molecule has 0 unspecified atom stereocenters. The first kappa shape index (κ1) is 15.0. The van der Waals surface area contributed by atoms with Crippen molar-refractivity contribution in [2.24, 2.45) is 0 Å². The smallest absolute Gasteiger partial charge is 0.321 e. The lowest BCUT2D eigenvalue weighted by Gasteiger charge is -2.11. The van der Waals surface area contributed by atoms with E-state index in [0.29, 0.717) is 22.2 Å². The fraction of sp³-hybridized carbons (Fsp3) is 0.133. The van der Waals surface area contributed by atoms with Crippen LogP contribution < -0.4 is 20.1 Å². The quantitative estimate of drug-likeness (QED) is 0.831. The number of carbonyl (C=O) groups is 1. The molecule has 0 spiro atoms. The molecule has 0 heterocycles. The van der Waals surface area contributed by atoms with Crippen LogP contribution in [0.15, 0.2) is 48.5 Å². The van der Waals surface area contributed by atoms with Crippen molar-refractivity contribution in [3.05, 3.63) is 53.6 Å². The Balaban J connectivity index is 1.82. The number of hydrogen-bond donors (Lipinski definition) is 2. The van der Waals surface area contributed by atoms with Gasteiger partial charge in [-0.15, -0.1) is 0 Å². The normalized spacial score (nSPS) is 9.81. The topological polar surface area (TPSA) is 59.6 Å². The number of carbonyl (C=O) groups excluding carboxylic acids is 1. The van der Waals surface area contributed by atoms with Crippen LogP contribution in [-0.2, 0) is 0 Å². The van der Waals surface area contributed by atoms with E-state index in [1.165, 1.54) is 0 Å². The van der Waals surface area contributed by atoms with Gasteiger partial charge in [0.05, 0.1) is 7.11 Å². The number of anilines is 1. The first-order valence-corrected chi connectivity index (χ1v) is 6.63. The van der Waals surface area contributed by atoms with E-state index < -0.39 is 0 Å². The first-order valence-electron chi connectivity index (χ1n) is 6.25. The maximum Gasteiger partial charge on any atom is 0.321 e. The van der Waals surface area contributed by atoms with Gasteiger partial charge in [-0.1, -0.05) is 29.8 Å². The van der Waals surface area contributed by atoms with Crippen LogP contribution in [0, 0.1) is 0 Å². The molecule has 2 rings (SSSR count). The minimum Gasteiger partial charge on any atom is -0.493 e. The molecular weight excluding hydrogens is 292 g/mol. The number of para-hydroxylation sites is 2. The zero-order valence-corrected chi connectivity index (χ0v) is 12.2. The van der Waals surface area contributed by atoms with Gasteiger partial charge in [-0.3, -0.25) is 0 Å². The average molecular weight is 307 g/mol. The Bertz CT molecular complexity index is 619. The molecule has 0 aliphatic rings. The highest BCUT2D eigenvalue weighted by molar-refractivity contribution is 6.30. The Morgan fingerprint density at radius 2 is 1.90 bits per heavy atom. The molecule has 5 nitrogen and oxygen atoms in total. The lowest BCUT2D eigenvalue weighted by atomic mass is 10.3. The van der Waals surface area contributed by atoms with E-state index in [1.807, 2.05) is 12.1 Å². The lowest BCUT2D eigenvalue weighted by molar-refractivity contribution is 0.231. The minimum absolute atomic E-state index is 0.0206. The number of benzene rings is 2. The van der Waals surface area contributed by atoms with Crippen molar-refractivity contribution in [1.29, 1.82) is 0 Å². The number of amides is 2. The van der Waals surface area contributed by atoms with Crippen LogP contribution in [-0.4, -0.2) is 19.9 Å². The summed E-state index contributed by atoms with van der Waals surface area (Å²) in [6, 6.07) is 13.7. The molecule has 6 heteroatoms. The van der Waals surface area contributed by atoms with Crippen molar-refractivity contribution < 1.29 is 14.3 Å². The van der Waals surface area contributed by atoms with Gasteiger partial charge in [0.15, 0.2) is 18.2 Å². The standard InChI is InChI=1S/C15H15ClN2O3/c1-20-13-7-2-3-8-14(13)21-10-17-15(19)18-12-6-4-5-11(16)9-12/h2-9H,10H2,1H3,(H2,17,18,19). The van der Waals surface area contributed by atoms with E-state index in [2.05, 4.69) is 10.6 Å². The number of nitrogens with one attached hydrogen (secondary N) is 2. The van der Waals surface area contributed by atoms with E-state index in [1.54, 1.807) is 43.5 Å². The third-order valence-electron chi connectivity index (χ3n) is 2.61. The molecule has 0 radical (unpaired) electrons. The maximum absolute atomic E-state index is 11.7. The fourth-order valence-electron chi connectivity index (χ4n) is 1.66. The molecule has 0 saturated heterocycles. The summed E-state index contributed by atoms with van der Waals surface area (Å²) < 4.78 is 10.6. The van der Waals surface area contributed by atoms with E-state index in [4.69, 9.17) is 21.1 Å². The summed E-state index contributed by atoms with van der Waals surface area (Å²) >= 11 is 5.84. The van der Waals surface area contributed by atoms with E-state index in [9.17, 15) is 4.79 Å². The van der Waals surface area contributed by atoms with Crippen molar-refractivity contribution in [2.75, 3.05) is 19.2 Å². The summed E-state index contributed by atoms with van der Waals surface area (Å²) in [6.07, 6.45) is 0. The molecule has 0 saturated carbocycles. The highest BCUT2D eigenvalue weighted by Crippen LogP contribution is 2.25. The highest BCUT2D eigenvalue weighted by atomic mass is 35.5. The number of urea groups is 1. The van der Waals surface area contributed by atoms with Gasteiger partial charge in [-0.25, -0.2) is 4.79 Å². The minimum atomic E-state index is -0.382. The molecule has 21 heavy (non-hydrogen) atoms. The van der Waals surface area contributed by atoms with Gasteiger partial charge in [0, 0.05) is 10.7 Å². The Morgan fingerprint density at radius 1 is 1.14 bits per heavy atom. The number of ether oxygens (including phenoxy) is 2. The molecule has 0 aliphatic carbocycles. The van der Waals surface area contributed by atoms with Crippen LogP contribution in [0.3, 0.4) is 0 Å². The van der Waals surface area contributed by atoms with Crippen molar-refractivity contribution in [3.8, 4) is 11.5 Å². The largest absolute Gasteiger partial charge is 0.493 e. The second-order valence-electron chi connectivity index (χ2n) is 4.08. The second-order valence-corrected chi connectivity index (χ2v) is 4.52. The summed E-state index contributed by atoms with van der Waals surface area (Å²) in [5.41, 5.74) is 0.609. The number of hydrogen-bond acceptors (Lipinski definition) is 3. The van der Waals surface area contributed by atoms with Crippen LogP contribution in [0.2, 0.25) is 5.02 Å². The highest BCUT2D eigenvalue weighted by Gasteiger charge is 2.04. The lowest BCUT2D eigenvalue weighted by Crippen LogP contribution is -2.32. The molecule has 2 aromatic rings. The van der Waals surface area contributed by atoms with Crippen LogP contribution in [0.4, 0.5) is 10.5 Å². The summed E-state index contributed by atoms with van der Waals surface area (Å²) in [5, 5.41) is 5.79. The predicted octanol–water partition coefficient (Wildman–Crippen LogP) is 3.51. The second kappa shape index (κ2) is 7.40. The molecule has 2 aromatic carbocycles. The third-order valence-corrected chi connectivity index (χ3v) is 2.85. The van der Waals surface area contributed by atoms with Gasteiger partial charge < -0.3 is 20.1 Å². The Labute approximate surface area is 127 Å². The summed E-state index contributed by atoms with van der Waals surface area (Å²) in [4.78, 5) is 11.7. The van der Waals surface area contributed by atoms with Gasteiger partial charge >= 0.3 is 6.03 Å². The maximum atomic E-state index is 11.7. The molecule has 0 aliphatic heterocycles. The summed E-state index contributed by atoms with van der Waals surface area (Å²) in [7, 11) is 1.56. The van der Waals surface area contributed by atoms with Crippen LogP contribution in [0.1, 0.15) is 0 Å². The van der Waals surface area contributed by atoms with E-state index in [-0.39, 0.29) is 12.8 Å². The number of rotatable bonds is 5. The first-order chi connectivity index (χ1) is 10.2.